The number of anilines is 1. The van der Waals surface area contributed by atoms with Crippen LogP contribution in [0.15, 0.2) is 48.5 Å². The number of fused-ring (bicyclic) bond motifs is 1. The van der Waals surface area contributed by atoms with Gasteiger partial charge in [-0.3, -0.25) is 14.3 Å². The van der Waals surface area contributed by atoms with Crippen molar-refractivity contribution in [3.63, 3.8) is 0 Å². The molecule has 0 spiro atoms. The van der Waals surface area contributed by atoms with Gasteiger partial charge in [0.25, 0.3) is 11.8 Å². The second-order valence-electron chi connectivity index (χ2n) is 7.34. The summed E-state index contributed by atoms with van der Waals surface area (Å²) in [5.74, 6) is 0.215. The molecule has 1 aromatic heterocycles. The van der Waals surface area contributed by atoms with Gasteiger partial charge in [-0.1, -0.05) is 41.9 Å². The average Bonchev–Trinajstić information content (AvgIpc) is 3.18. The molecule has 9 heteroatoms. The maximum absolute atomic E-state index is 13.1. The van der Waals surface area contributed by atoms with Gasteiger partial charge in [0.2, 0.25) is 0 Å². The fourth-order valence-electron chi connectivity index (χ4n) is 3.64. The maximum Gasteiger partial charge on any atom is 0.276 e. The van der Waals surface area contributed by atoms with Crippen molar-refractivity contribution in [2.24, 2.45) is 0 Å². The first kappa shape index (κ1) is 21.7. The number of carbonyl (C=O) groups is 2. The Morgan fingerprint density at radius 1 is 1.12 bits per heavy atom. The van der Waals surface area contributed by atoms with Crippen molar-refractivity contribution in [1.82, 2.24) is 14.7 Å². The highest BCUT2D eigenvalue weighted by Gasteiger charge is 2.27. The van der Waals surface area contributed by atoms with Gasteiger partial charge in [0, 0.05) is 37.8 Å². The Labute approximate surface area is 190 Å². The van der Waals surface area contributed by atoms with Crippen molar-refractivity contribution in [3.05, 3.63) is 70.5 Å². The Morgan fingerprint density at radius 2 is 1.91 bits per heavy atom. The zero-order valence-electron chi connectivity index (χ0n) is 17.8. The molecule has 2 amide bonds. The molecule has 0 aliphatic carbocycles. The molecule has 3 aromatic rings. The minimum Gasteiger partial charge on any atom is -0.497 e. The summed E-state index contributed by atoms with van der Waals surface area (Å²) in [6.45, 7) is 1.68. The zero-order chi connectivity index (χ0) is 22.7. The molecule has 2 aromatic carbocycles. The number of rotatable bonds is 6. The Bertz CT molecular complexity index is 1150. The third-order valence-corrected chi connectivity index (χ3v) is 5.55. The van der Waals surface area contributed by atoms with Gasteiger partial charge in [0.1, 0.15) is 22.9 Å². The van der Waals surface area contributed by atoms with Gasteiger partial charge >= 0.3 is 0 Å². The number of carbonyl (C=O) groups excluding carboxylic acids is 2. The number of amides is 2. The summed E-state index contributed by atoms with van der Waals surface area (Å²) in [7, 11) is 2.99. The van der Waals surface area contributed by atoms with Crippen LogP contribution in [0, 0.1) is 0 Å². The standard InChI is InChI=1S/C23H23ClN4O4/c1-31-16-11-17(24)21(20(12-16)32-2)25-22(29)18-13-19-23(30)27(9-6-10-28(19)26-18)14-15-7-4-3-5-8-15/h3-5,7-8,11-13H,6,9-10,14H2,1-2H3,(H,25,29). The second-order valence-corrected chi connectivity index (χ2v) is 7.75. The van der Waals surface area contributed by atoms with Crippen LogP contribution < -0.4 is 14.8 Å². The van der Waals surface area contributed by atoms with Crippen LogP contribution in [0.1, 0.15) is 33.0 Å². The molecule has 0 atom stereocenters. The fraction of sp³-hybridized carbons (Fsp3) is 0.261. The summed E-state index contributed by atoms with van der Waals surface area (Å²) in [5.41, 5.74) is 1.87. The number of hydrogen-bond donors (Lipinski definition) is 1. The molecule has 166 valence electrons. The van der Waals surface area contributed by atoms with Crippen molar-refractivity contribution < 1.29 is 19.1 Å². The lowest BCUT2D eigenvalue weighted by molar-refractivity contribution is 0.0745. The SMILES string of the molecule is COc1cc(Cl)c(NC(=O)c2cc3n(n2)CCCN(Cc2ccccc2)C3=O)c(OC)c1. The van der Waals surface area contributed by atoms with E-state index < -0.39 is 5.91 Å². The number of benzene rings is 2. The predicted molar refractivity (Wildman–Crippen MR) is 121 cm³/mol. The van der Waals surface area contributed by atoms with Crippen molar-refractivity contribution in [3.8, 4) is 11.5 Å². The van der Waals surface area contributed by atoms with Crippen LogP contribution in [0.3, 0.4) is 0 Å². The molecule has 1 N–H and O–H groups in total. The number of nitrogens with zero attached hydrogens (tertiary/aromatic N) is 3. The molecule has 1 aliphatic heterocycles. The molecule has 0 radical (unpaired) electrons. The van der Waals surface area contributed by atoms with Crippen LogP contribution in [0.25, 0.3) is 0 Å². The lowest BCUT2D eigenvalue weighted by Gasteiger charge is -2.20. The minimum atomic E-state index is -0.488. The summed E-state index contributed by atoms with van der Waals surface area (Å²) >= 11 is 6.30. The van der Waals surface area contributed by atoms with E-state index in [1.807, 2.05) is 30.3 Å². The van der Waals surface area contributed by atoms with Gasteiger partial charge in [-0.15, -0.1) is 0 Å². The molecule has 0 saturated carbocycles. The number of ether oxygens (including phenoxy) is 2. The number of methoxy groups -OCH3 is 2. The molecular weight excluding hydrogens is 432 g/mol. The lowest BCUT2D eigenvalue weighted by Crippen LogP contribution is -2.30. The zero-order valence-corrected chi connectivity index (χ0v) is 18.6. The van der Waals surface area contributed by atoms with Crippen molar-refractivity contribution in [1.29, 1.82) is 0 Å². The maximum atomic E-state index is 13.1. The quantitative estimate of drug-likeness (QED) is 0.611. The van der Waals surface area contributed by atoms with E-state index in [4.69, 9.17) is 21.1 Å². The molecule has 0 saturated heterocycles. The summed E-state index contributed by atoms with van der Waals surface area (Å²) < 4.78 is 12.1. The minimum absolute atomic E-state index is 0.129. The van der Waals surface area contributed by atoms with Gasteiger partial charge in [-0.2, -0.15) is 5.10 Å². The van der Waals surface area contributed by atoms with Crippen molar-refractivity contribution >= 4 is 29.1 Å². The number of nitrogens with one attached hydrogen (secondary N) is 1. The van der Waals surface area contributed by atoms with Crippen LogP contribution >= 0.6 is 11.6 Å². The average molecular weight is 455 g/mol. The first-order valence-electron chi connectivity index (χ1n) is 10.1. The van der Waals surface area contributed by atoms with E-state index in [1.165, 1.54) is 20.3 Å². The van der Waals surface area contributed by atoms with E-state index in [9.17, 15) is 9.59 Å². The van der Waals surface area contributed by atoms with Gasteiger partial charge in [-0.05, 0) is 12.0 Å². The molecular formula is C23H23ClN4O4. The molecule has 4 rings (SSSR count). The highest BCUT2D eigenvalue weighted by atomic mass is 35.5. The fourth-order valence-corrected chi connectivity index (χ4v) is 3.88. The molecule has 2 heterocycles. The summed E-state index contributed by atoms with van der Waals surface area (Å²) in [6.07, 6.45) is 0.743. The highest BCUT2D eigenvalue weighted by molar-refractivity contribution is 6.34. The Kier molecular flexibility index (Phi) is 6.32. The smallest absolute Gasteiger partial charge is 0.276 e. The first-order valence-corrected chi connectivity index (χ1v) is 10.5. The molecule has 0 unspecified atom stereocenters. The van der Waals surface area contributed by atoms with E-state index in [0.717, 1.165) is 12.0 Å². The normalized spacial score (nSPS) is 13.3. The lowest BCUT2D eigenvalue weighted by atomic mass is 10.2. The Balaban J connectivity index is 1.56. The van der Waals surface area contributed by atoms with Crippen molar-refractivity contribution in [2.75, 3.05) is 26.1 Å². The monoisotopic (exact) mass is 454 g/mol. The number of hydrogen-bond acceptors (Lipinski definition) is 5. The van der Waals surface area contributed by atoms with Crippen LogP contribution in [0.2, 0.25) is 5.02 Å². The van der Waals surface area contributed by atoms with Crippen LogP contribution in [-0.2, 0) is 13.1 Å². The summed E-state index contributed by atoms with van der Waals surface area (Å²) in [6, 6.07) is 14.5. The summed E-state index contributed by atoms with van der Waals surface area (Å²) in [4.78, 5) is 27.8. The summed E-state index contributed by atoms with van der Waals surface area (Å²) in [5, 5.41) is 7.37. The highest BCUT2D eigenvalue weighted by Crippen LogP contribution is 2.37. The van der Waals surface area contributed by atoms with Gasteiger partial charge in [-0.25, -0.2) is 0 Å². The largest absolute Gasteiger partial charge is 0.497 e. The van der Waals surface area contributed by atoms with Gasteiger partial charge in [0.15, 0.2) is 5.69 Å². The molecule has 0 bridgehead atoms. The second kappa shape index (κ2) is 9.32. The molecule has 0 fully saturated rings. The Morgan fingerprint density at radius 3 is 2.62 bits per heavy atom. The first-order chi connectivity index (χ1) is 15.5. The number of aryl methyl sites for hydroxylation is 1. The Hall–Kier alpha value is -3.52. The van der Waals surface area contributed by atoms with Gasteiger partial charge < -0.3 is 19.7 Å². The van der Waals surface area contributed by atoms with E-state index in [0.29, 0.717) is 42.5 Å². The van der Waals surface area contributed by atoms with E-state index in [-0.39, 0.29) is 16.6 Å². The topological polar surface area (TPSA) is 85.7 Å². The number of aromatic nitrogens is 2. The van der Waals surface area contributed by atoms with E-state index >= 15 is 0 Å². The van der Waals surface area contributed by atoms with Crippen LogP contribution in [0.4, 0.5) is 5.69 Å². The van der Waals surface area contributed by atoms with Crippen LogP contribution in [-0.4, -0.2) is 47.3 Å². The molecule has 8 nitrogen and oxygen atoms in total. The number of halogens is 1. The van der Waals surface area contributed by atoms with E-state index in [1.54, 1.807) is 21.7 Å². The van der Waals surface area contributed by atoms with Crippen molar-refractivity contribution in [2.45, 2.75) is 19.5 Å². The third-order valence-electron chi connectivity index (χ3n) is 5.25. The van der Waals surface area contributed by atoms with Gasteiger partial charge in [0.05, 0.1) is 19.2 Å². The third kappa shape index (κ3) is 4.40. The predicted octanol–water partition coefficient (Wildman–Crippen LogP) is 3.85. The van der Waals surface area contributed by atoms with E-state index in [2.05, 4.69) is 10.4 Å². The van der Waals surface area contributed by atoms with Crippen LogP contribution in [0.5, 0.6) is 11.5 Å². The molecule has 32 heavy (non-hydrogen) atoms. The molecule has 1 aliphatic rings.